The molecule has 0 aliphatic carbocycles. The van der Waals surface area contributed by atoms with Gasteiger partial charge in [-0.15, -0.1) is 11.3 Å². The maximum absolute atomic E-state index is 5.62. The predicted molar refractivity (Wildman–Crippen MR) is 136 cm³/mol. The number of thiophene rings is 1. The average molecular weight is 477 g/mol. The number of methoxy groups -OCH3 is 2. The second kappa shape index (κ2) is 10.4. The molecule has 0 saturated carbocycles. The molecule has 1 N–H and O–H groups in total. The summed E-state index contributed by atoms with van der Waals surface area (Å²) in [6.07, 6.45) is 1.64. The number of nitrogens with one attached hydrogen (secondary N) is 1. The molecule has 1 saturated heterocycles. The summed E-state index contributed by atoms with van der Waals surface area (Å²) >= 11 is 1.64. The van der Waals surface area contributed by atoms with E-state index >= 15 is 0 Å². The Morgan fingerprint density at radius 3 is 2.59 bits per heavy atom. The molecule has 5 rings (SSSR count). The van der Waals surface area contributed by atoms with Gasteiger partial charge in [0.2, 0.25) is 0 Å². The van der Waals surface area contributed by atoms with Crippen LogP contribution in [0.1, 0.15) is 11.6 Å². The molecule has 0 bridgehead atoms. The normalized spacial score (nSPS) is 15.2. The molecule has 0 spiro atoms. The van der Waals surface area contributed by atoms with Crippen molar-refractivity contribution >= 4 is 27.4 Å². The number of rotatable bonds is 8. The largest absolute Gasteiger partial charge is 0.493 e. The molecule has 7 nitrogen and oxygen atoms in total. The molecule has 0 amide bonds. The summed E-state index contributed by atoms with van der Waals surface area (Å²) in [7, 11) is 3.33. The van der Waals surface area contributed by atoms with E-state index in [2.05, 4.69) is 62.0 Å². The van der Waals surface area contributed by atoms with E-state index in [1.165, 1.54) is 0 Å². The smallest absolute Gasteiger partial charge is 0.161 e. The summed E-state index contributed by atoms with van der Waals surface area (Å²) in [6.45, 7) is 3.88. The van der Waals surface area contributed by atoms with E-state index in [1.807, 2.05) is 12.1 Å². The molecule has 2 aromatic heterocycles. The molecule has 1 atom stereocenters. The van der Waals surface area contributed by atoms with Crippen molar-refractivity contribution in [1.29, 1.82) is 0 Å². The maximum Gasteiger partial charge on any atom is 0.161 e. The van der Waals surface area contributed by atoms with Crippen molar-refractivity contribution in [2.45, 2.75) is 6.04 Å². The summed E-state index contributed by atoms with van der Waals surface area (Å²) < 4.78 is 16.6. The molecule has 1 aliphatic heterocycles. The number of hydrogen-bond acceptors (Lipinski definition) is 8. The van der Waals surface area contributed by atoms with Gasteiger partial charge in [0.25, 0.3) is 0 Å². The Bertz CT molecular complexity index is 1240. The van der Waals surface area contributed by atoms with Crippen LogP contribution in [0.3, 0.4) is 0 Å². The topological polar surface area (TPSA) is 68.7 Å². The molecule has 176 valence electrons. The Kier molecular flexibility index (Phi) is 6.89. The Balaban J connectivity index is 1.48. The quantitative estimate of drug-likeness (QED) is 0.389. The molecule has 2 aromatic carbocycles. The number of ether oxygens (including phenoxy) is 3. The predicted octanol–water partition coefficient (Wildman–Crippen LogP) is 4.86. The Morgan fingerprint density at radius 2 is 1.82 bits per heavy atom. The van der Waals surface area contributed by atoms with Crippen molar-refractivity contribution < 1.29 is 14.2 Å². The number of hydrogen-bond donors (Lipinski definition) is 1. The molecule has 1 aliphatic rings. The number of fused-ring (bicyclic) bond motifs is 1. The van der Waals surface area contributed by atoms with Gasteiger partial charge in [-0.3, -0.25) is 4.90 Å². The first-order chi connectivity index (χ1) is 16.8. The monoisotopic (exact) mass is 476 g/mol. The van der Waals surface area contributed by atoms with Gasteiger partial charge in [-0.25, -0.2) is 9.97 Å². The highest BCUT2D eigenvalue weighted by atomic mass is 32.1. The summed E-state index contributed by atoms with van der Waals surface area (Å²) in [5.41, 5.74) is 3.47. The van der Waals surface area contributed by atoms with Crippen LogP contribution in [0, 0.1) is 0 Å². The lowest BCUT2D eigenvalue weighted by molar-refractivity contribution is 0.0186. The lowest BCUT2D eigenvalue weighted by Gasteiger charge is -2.35. The second-order valence-electron chi connectivity index (χ2n) is 8.08. The number of benzene rings is 2. The van der Waals surface area contributed by atoms with Crippen molar-refractivity contribution in [3.8, 4) is 22.6 Å². The van der Waals surface area contributed by atoms with Gasteiger partial charge in [0.05, 0.1) is 38.9 Å². The molecular weight excluding hydrogens is 448 g/mol. The van der Waals surface area contributed by atoms with Gasteiger partial charge in [0.15, 0.2) is 11.5 Å². The maximum atomic E-state index is 5.62. The van der Waals surface area contributed by atoms with Gasteiger partial charge >= 0.3 is 0 Å². The van der Waals surface area contributed by atoms with Crippen molar-refractivity contribution in [3.63, 3.8) is 0 Å². The SMILES string of the molecule is COc1ccc([C@@H](CNc2ncnc3scc(-c4ccccc4)c23)N2CCOCC2)cc1OC. The third-order valence-electron chi connectivity index (χ3n) is 6.20. The second-order valence-corrected chi connectivity index (χ2v) is 8.94. The Hall–Kier alpha value is -3.20. The fraction of sp³-hybridized carbons (Fsp3) is 0.308. The molecule has 1 fully saturated rings. The van der Waals surface area contributed by atoms with Crippen LogP contribution in [-0.2, 0) is 4.74 Å². The van der Waals surface area contributed by atoms with Crippen LogP contribution in [0.2, 0.25) is 0 Å². The van der Waals surface area contributed by atoms with E-state index in [1.54, 1.807) is 31.9 Å². The zero-order valence-corrected chi connectivity index (χ0v) is 20.2. The van der Waals surface area contributed by atoms with Gasteiger partial charge in [-0.1, -0.05) is 36.4 Å². The van der Waals surface area contributed by atoms with E-state index < -0.39 is 0 Å². The first kappa shape index (κ1) is 22.6. The lowest BCUT2D eigenvalue weighted by Crippen LogP contribution is -2.41. The highest BCUT2D eigenvalue weighted by Gasteiger charge is 2.24. The minimum Gasteiger partial charge on any atom is -0.493 e. The van der Waals surface area contributed by atoms with Crippen LogP contribution < -0.4 is 14.8 Å². The molecule has 4 aromatic rings. The van der Waals surface area contributed by atoms with Crippen LogP contribution in [-0.4, -0.2) is 61.9 Å². The Morgan fingerprint density at radius 1 is 1.03 bits per heavy atom. The molecule has 34 heavy (non-hydrogen) atoms. The van der Waals surface area contributed by atoms with Crippen molar-refractivity contribution in [2.75, 3.05) is 52.4 Å². The van der Waals surface area contributed by atoms with Crippen LogP contribution in [0.25, 0.3) is 21.3 Å². The van der Waals surface area contributed by atoms with E-state index in [4.69, 9.17) is 14.2 Å². The van der Waals surface area contributed by atoms with E-state index in [0.717, 1.165) is 70.5 Å². The third kappa shape index (κ3) is 4.57. The first-order valence-electron chi connectivity index (χ1n) is 11.3. The Labute approximate surface area is 203 Å². The minimum atomic E-state index is 0.118. The van der Waals surface area contributed by atoms with Gasteiger partial charge in [-0.2, -0.15) is 0 Å². The van der Waals surface area contributed by atoms with Crippen LogP contribution in [0.15, 0.2) is 60.2 Å². The fourth-order valence-corrected chi connectivity index (χ4v) is 5.36. The van der Waals surface area contributed by atoms with Crippen molar-refractivity contribution in [1.82, 2.24) is 14.9 Å². The number of nitrogens with zero attached hydrogens (tertiary/aromatic N) is 3. The highest BCUT2D eigenvalue weighted by Crippen LogP contribution is 2.37. The standard InChI is InChI=1S/C26H28N4O3S/c1-31-22-9-8-19(14-23(22)32-2)21(30-10-12-33-13-11-30)15-27-25-24-20(18-6-4-3-5-7-18)16-34-26(24)29-17-28-25/h3-9,14,16-17,21H,10-13,15H2,1-2H3,(H,27,28,29)/t21-/m1/s1. The fourth-order valence-electron chi connectivity index (χ4n) is 4.44. The summed E-state index contributed by atoms with van der Waals surface area (Å²) in [5.74, 6) is 2.30. The van der Waals surface area contributed by atoms with Gasteiger partial charge in [-0.05, 0) is 23.3 Å². The summed E-state index contributed by atoms with van der Waals surface area (Å²) in [5, 5.41) is 6.87. The highest BCUT2D eigenvalue weighted by molar-refractivity contribution is 7.17. The first-order valence-corrected chi connectivity index (χ1v) is 12.2. The molecule has 3 heterocycles. The van der Waals surface area contributed by atoms with Gasteiger partial charge in [0, 0.05) is 30.6 Å². The van der Waals surface area contributed by atoms with E-state index in [0.29, 0.717) is 6.54 Å². The average Bonchev–Trinajstić information content (AvgIpc) is 3.35. The van der Waals surface area contributed by atoms with Crippen LogP contribution >= 0.6 is 11.3 Å². The molecule has 0 radical (unpaired) electrons. The van der Waals surface area contributed by atoms with Crippen LogP contribution in [0.5, 0.6) is 11.5 Å². The van der Waals surface area contributed by atoms with E-state index in [9.17, 15) is 0 Å². The van der Waals surface area contributed by atoms with E-state index in [-0.39, 0.29) is 6.04 Å². The summed E-state index contributed by atoms with van der Waals surface area (Å²) in [6, 6.07) is 16.7. The van der Waals surface area contributed by atoms with Gasteiger partial charge in [0.1, 0.15) is 17.0 Å². The summed E-state index contributed by atoms with van der Waals surface area (Å²) in [4.78, 5) is 12.6. The van der Waals surface area contributed by atoms with Crippen molar-refractivity contribution in [2.24, 2.45) is 0 Å². The van der Waals surface area contributed by atoms with Crippen molar-refractivity contribution in [3.05, 3.63) is 65.8 Å². The minimum absolute atomic E-state index is 0.118. The third-order valence-corrected chi connectivity index (χ3v) is 7.08. The number of anilines is 1. The molecule has 0 unspecified atom stereocenters. The van der Waals surface area contributed by atoms with Crippen LogP contribution in [0.4, 0.5) is 5.82 Å². The zero-order chi connectivity index (χ0) is 23.3. The molecule has 8 heteroatoms. The lowest BCUT2D eigenvalue weighted by atomic mass is 10.0. The molecular formula is C26H28N4O3S. The number of morpholine rings is 1. The number of aromatic nitrogens is 2. The zero-order valence-electron chi connectivity index (χ0n) is 19.4. The van der Waals surface area contributed by atoms with Gasteiger partial charge < -0.3 is 19.5 Å².